The minimum absolute atomic E-state index is 0.177. The van der Waals surface area contributed by atoms with Crippen LogP contribution < -0.4 is 5.32 Å². The molecule has 8 heteroatoms. The summed E-state index contributed by atoms with van der Waals surface area (Å²) in [7, 11) is 0. The molecule has 0 aromatic heterocycles. The van der Waals surface area contributed by atoms with Crippen LogP contribution in [0.15, 0.2) is 0 Å². The molecule has 0 bridgehead atoms. The summed E-state index contributed by atoms with van der Waals surface area (Å²) in [4.78, 5) is 11.4. The summed E-state index contributed by atoms with van der Waals surface area (Å²) in [6.07, 6.45) is -5.33. The number of aliphatic hydroxyl groups excluding tert-OH is 3. The van der Waals surface area contributed by atoms with Gasteiger partial charge in [-0.1, -0.05) is 0 Å². The second kappa shape index (κ2) is 7.61. The zero-order valence-electron chi connectivity index (χ0n) is 11.0. The first-order valence-electron chi connectivity index (χ1n) is 6.22. The molecule has 19 heavy (non-hydrogen) atoms. The summed E-state index contributed by atoms with van der Waals surface area (Å²) in [5, 5.41) is 31.1. The van der Waals surface area contributed by atoms with Crippen molar-refractivity contribution in [3.8, 4) is 0 Å². The molecule has 0 unspecified atom stereocenters. The van der Waals surface area contributed by atoms with E-state index in [4.69, 9.17) is 19.3 Å². The molecule has 0 saturated carbocycles. The van der Waals surface area contributed by atoms with Crippen LogP contribution in [0.25, 0.3) is 0 Å². The van der Waals surface area contributed by atoms with Crippen LogP contribution in [0.5, 0.6) is 0 Å². The van der Waals surface area contributed by atoms with Gasteiger partial charge in [-0.25, -0.2) is 4.79 Å². The molecule has 1 heterocycles. The van der Waals surface area contributed by atoms with E-state index in [0.29, 0.717) is 0 Å². The van der Waals surface area contributed by atoms with E-state index in [0.717, 1.165) is 0 Å². The number of alkyl carbamates (subject to hydrolysis) is 1. The zero-order valence-corrected chi connectivity index (χ0v) is 11.0. The first-order chi connectivity index (χ1) is 9.04. The largest absolute Gasteiger partial charge is 0.450 e. The average Bonchev–Trinajstić information content (AvgIpc) is 2.38. The van der Waals surface area contributed by atoms with E-state index >= 15 is 0 Å². The fourth-order valence-electron chi connectivity index (χ4n) is 1.85. The third-order valence-electron chi connectivity index (χ3n) is 2.77. The molecule has 0 radical (unpaired) electrons. The summed E-state index contributed by atoms with van der Waals surface area (Å²) in [5.41, 5.74) is 0. The average molecular weight is 279 g/mol. The summed E-state index contributed by atoms with van der Waals surface area (Å²) in [6.45, 7) is 3.36. The molecule has 1 aliphatic rings. The zero-order chi connectivity index (χ0) is 14.4. The molecule has 1 rings (SSSR count). The van der Waals surface area contributed by atoms with E-state index in [2.05, 4.69) is 5.32 Å². The van der Waals surface area contributed by atoms with Gasteiger partial charge in [-0.2, -0.15) is 0 Å². The van der Waals surface area contributed by atoms with Crippen molar-refractivity contribution in [1.82, 2.24) is 5.32 Å². The Bertz CT molecular complexity index is 288. The van der Waals surface area contributed by atoms with E-state index in [1.54, 1.807) is 13.8 Å². The van der Waals surface area contributed by atoms with Crippen LogP contribution in [0, 0.1) is 0 Å². The highest BCUT2D eigenvalue weighted by Crippen LogP contribution is 2.22. The smallest absolute Gasteiger partial charge is 0.407 e. The van der Waals surface area contributed by atoms with Crippen molar-refractivity contribution in [2.75, 3.05) is 19.8 Å². The molecule has 8 nitrogen and oxygen atoms in total. The quantitative estimate of drug-likeness (QED) is 0.487. The maximum absolute atomic E-state index is 11.4. The Morgan fingerprint density at radius 2 is 1.95 bits per heavy atom. The third-order valence-corrected chi connectivity index (χ3v) is 2.77. The van der Waals surface area contributed by atoms with E-state index in [-0.39, 0.29) is 13.2 Å². The summed E-state index contributed by atoms with van der Waals surface area (Å²) < 4.78 is 15.3. The Morgan fingerprint density at radius 3 is 2.47 bits per heavy atom. The number of ether oxygens (including phenoxy) is 3. The highest BCUT2D eigenvalue weighted by molar-refractivity contribution is 5.67. The van der Waals surface area contributed by atoms with Crippen molar-refractivity contribution >= 4 is 6.09 Å². The van der Waals surface area contributed by atoms with Crippen molar-refractivity contribution < 1.29 is 34.3 Å². The van der Waals surface area contributed by atoms with Crippen molar-refractivity contribution in [2.24, 2.45) is 0 Å². The lowest BCUT2D eigenvalue weighted by atomic mass is 9.97. The maximum Gasteiger partial charge on any atom is 0.407 e. The Labute approximate surface area is 111 Å². The molecule has 4 N–H and O–H groups in total. The lowest BCUT2D eigenvalue weighted by Crippen LogP contribution is -2.64. The van der Waals surface area contributed by atoms with E-state index in [9.17, 15) is 15.0 Å². The van der Waals surface area contributed by atoms with E-state index in [1.807, 2.05) is 0 Å². The van der Waals surface area contributed by atoms with Gasteiger partial charge in [0.05, 0.1) is 13.2 Å². The molecule has 112 valence electrons. The Balaban J connectivity index is 2.75. The van der Waals surface area contributed by atoms with Crippen molar-refractivity contribution in [3.63, 3.8) is 0 Å². The Kier molecular flexibility index (Phi) is 6.46. The lowest BCUT2D eigenvalue weighted by molar-refractivity contribution is -0.268. The number of nitrogens with one attached hydrogen (secondary N) is 1. The monoisotopic (exact) mass is 279 g/mol. The van der Waals surface area contributed by atoms with Crippen molar-refractivity contribution in [1.29, 1.82) is 0 Å². The highest BCUT2D eigenvalue weighted by Gasteiger charge is 2.45. The number of aliphatic hydroxyl groups is 3. The van der Waals surface area contributed by atoms with Crippen LogP contribution in [-0.2, 0) is 14.2 Å². The Hall–Kier alpha value is -0.930. The Morgan fingerprint density at radius 1 is 1.26 bits per heavy atom. The molecule has 1 fully saturated rings. The van der Waals surface area contributed by atoms with Gasteiger partial charge in [0, 0.05) is 6.61 Å². The van der Waals surface area contributed by atoms with Crippen molar-refractivity contribution in [2.45, 2.75) is 44.5 Å². The first kappa shape index (κ1) is 16.1. The lowest BCUT2D eigenvalue weighted by Gasteiger charge is -2.41. The van der Waals surface area contributed by atoms with Gasteiger partial charge in [-0.3, -0.25) is 0 Å². The topological polar surface area (TPSA) is 117 Å². The molecule has 0 aromatic carbocycles. The standard InChI is InChI=1S/C11H21NO7/c1-3-17-10-7(12-11(16)18-4-2)9(15)8(14)6(5-13)19-10/h6-10,13-15H,3-5H2,1-2H3,(H,12,16)/t6-,7+,8+,9-,10-/m0/s1. The minimum Gasteiger partial charge on any atom is -0.450 e. The van der Waals surface area contributed by atoms with Gasteiger partial charge in [-0.05, 0) is 13.8 Å². The highest BCUT2D eigenvalue weighted by atomic mass is 16.7. The summed E-state index contributed by atoms with van der Waals surface area (Å²) >= 11 is 0. The molecular weight excluding hydrogens is 258 g/mol. The maximum atomic E-state index is 11.4. The van der Waals surface area contributed by atoms with Crippen LogP contribution in [0.1, 0.15) is 13.8 Å². The summed E-state index contributed by atoms with van der Waals surface area (Å²) in [5.74, 6) is 0. The van der Waals surface area contributed by atoms with Gasteiger partial charge >= 0.3 is 6.09 Å². The third kappa shape index (κ3) is 4.02. The number of hydrogen-bond donors (Lipinski definition) is 4. The molecule has 0 aliphatic carbocycles. The van der Waals surface area contributed by atoms with Crippen molar-refractivity contribution in [3.05, 3.63) is 0 Å². The molecule has 5 atom stereocenters. The number of rotatable bonds is 5. The van der Waals surface area contributed by atoms with Crippen LogP contribution in [0.2, 0.25) is 0 Å². The van der Waals surface area contributed by atoms with Gasteiger partial charge in [0.25, 0.3) is 0 Å². The molecule has 0 spiro atoms. The van der Waals surface area contributed by atoms with Crippen LogP contribution in [0.3, 0.4) is 0 Å². The number of carbonyl (C=O) groups is 1. The molecule has 1 saturated heterocycles. The molecule has 1 aliphatic heterocycles. The van der Waals surface area contributed by atoms with Gasteiger partial charge in [0.1, 0.15) is 24.4 Å². The molecular formula is C11H21NO7. The number of amides is 1. The van der Waals surface area contributed by atoms with E-state index in [1.165, 1.54) is 0 Å². The number of hydrogen-bond acceptors (Lipinski definition) is 7. The molecule has 1 amide bonds. The molecule has 0 aromatic rings. The minimum atomic E-state index is -1.33. The second-order valence-corrected chi connectivity index (χ2v) is 4.05. The van der Waals surface area contributed by atoms with Crippen LogP contribution in [0.4, 0.5) is 4.79 Å². The van der Waals surface area contributed by atoms with Crippen LogP contribution in [-0.4, -0.2) is 71.9 Å². The predicted octanol–water partition coefficient (Wildman–Crippen LogP) is -1.42. The van der Waals surface area contributed by atoms with Gasteiger partial charge < -0.3 is 34.8 Å². The summed E-state index contributed by atoms with van der Waals surface area (Å²) in [6, 6.07) is -0.975. The predicted molar refractivity (Wildman–Crippen MR) is 63.3 cm³/mol. The van der Waals surface area contributed by atoms with E-state index < -0.39 is 43.3 Å². The van der Waals surface area contributed by atoms with Gasteiger partial charge in [-0.15, -0.1) is 0 Å². The normalized spacial score (nSPS) is 34.9. The number of carbonyl (C=O) groups excluding carboxylic acids is 1. The fourth-order valence-corrected chi connectivity index (χ4v) is 1.85. The van der Waals surface area contributed by atoms with Gasteiger partial charge in [0.2, 0.25) is 0 Å². The fraction of sp³-hybridized carbons (Fsp3) is 0.909. The second-order valence-electron chi connectivity index (χ2n) is 4.05. The SMILES string of the molecule is CCOC(=O)N[C@H]1[C@@H](OCC)O[C@@H](CO)[C@@H](O)[C@H]1O. The van der Waals surface area contributed by atoms with Crippen LogP contribution >= 0.6 is 0 Å². The van der Waals surface area contributed by atoms with Gasteiger partial charge in [0.15, 0.2) is 6.29 Å². The first-order valence-corrected chi connectivity index (χ1v) is 6.22.